The molecule has 1 fully saturated rings. The number of rotatable bonds is 4. The van der Waals surface area contributed by atoms with E-state index in [0.717, 1.165) is 12.8 Å². The third-order valence-corrected chi connectivity index (χ3v) is 3.85. The molecule has 1 saturated heterocycles. The number of carboxylic acid groups (broad SMARTS) is 1. The molecular formula is C14H15BrFNO4. The van der Waals surface area contributed by atoms with Gasteiger partial charge in [0.2, 0.25) is 0 Å². The molecule has 1 atom stereocenters. The van der Waals surface area contributed by atoms with Gasteiger partial charge in [0.1, 0.15) is 6.04 Å². The van der Waals surface area contributed by atoms with E-state index in [4.69, 9.17) is 9.84 Å². The van der Waals surface area contributed by atoms with E-state index >= 15 is 0 Å². The highest BCUT2D eigenvalue weighted by atomic mass is 79.9. The number of carboxylic acids is 1. The van der Waals surface area contributed by atoms with Crippen LogP contribution in [-0.4, -0.2) is 41.1 Å². The average molecular weight is 360 g/mol. The quantitative estimate of drug-likeness (QED) is 0.896. The summed E-state index contributed by atoms with van der Waals surface area (Å²) in [6.07, 6.45) is 1.98. The summed E-state index contributed by atoms with van der Waals surface area (Å²) in [6.45, 7) is 0.0182. The zero-order valence-corrected chi connectivity index (χ0v) is 12.8. The number of amides is 1. The second kappa shape index (κ2) is 6.89. The van der Waals surface area contributed by atoms with E-state index in [-0.39, 0.29) is 12.4 Å². The van der Waals surface area contributed by atoms with Crippen molar-refractivity contribution in [3.05, 3.63) is 28.5 Å². The van der Waals surface area contributed by atoms with Crippen LogP contribution in [0.3, 0.4) is 0 Å². The summed E-state index contributed by atoms with van der Waals surface area (Å²) >= 11 is 3.13. The second-order valence-corrected chi connectivity index (χ2v) is 5.72. The predicted octanol–water partition coefficient (Wildman–Crippen LogP) is 2.43. The molecule has 1 aromatic rings. The van der Waals surface area contributed by atoms with Gasteiger partial charge >= 0.3 is 5.97 Å². The van der Waals surface area contributed by atoms with Crippen LogP contribution < -0.4 is 4.74 Å². The number of benzene rings is 1. The first-order valence-corrected chi connectivity index (χ1v) is 7.38. The zero-order chi connectivity index (χ0) is 15.4. The van der Waals surface area contributed by atoms with Crippen molar-refractivity contribution in [1.82, 2.24) is 4.90 Å². The van der Waals surface area contributed by atoms with Crippen LogP contribution in [0, 0.1) is 5.82 Å². The smallest absolute Gasteiger partial charge is 0.326 e. The Balaban J connectivity index is 1.98. The third-order valence-electron chi connectivity index (χ3n) is 3.35. The number of carbonyl (C=O) groups excluding carboxylic acids is 1. The molecule has 0 saturated carbocycles. The van der Waals surface area contributed by atoms with Crippen molar-refractivity contribution in [2.75, 3.05) is 13.2 Å². The van der Waals surface area contributed by atoms with E-state index in [1.165, 1.54) is 17.0 Å². The van der Waals surface area contributed by atoms with Crippen LogP contribution in [0.1, 0.15) is 19.3 Å². The zero-order valence-electron chi connectivity index (χ0n) is 11.2. The van der Waals surface area contributed by atoms with Crippen molar-refractivity contribution in [1.29, 1.82) is 0 Å². The number of halogens is 2. The Bertz CT molecular complexity index is 552. The molecule has 5 nitrogen and oxygen atoms in total. The Hall–Kier alpha value is -1.63. The number of aliphatic carboxylic acids is 1. The first kappa shape index (κ1) is 15.8. The Morgan fingerprint density at radius 2 is 2.19 bits per heavy atom. The minimum atomic E-state index is -1.02. The molecule has 1 aliphatic heterocycles. The number of likely N-dealkylation sites (tertiary alicyclic amines) is 1. The fraction of sp³-hybridized carbons (Fsp3) is 0.429. The van der Waals surface area contributed by atoms with Crippen molar-refractivity contribution >= 4 is 27.8 Å². The van der Waals surface area contributed by atoms with Gasteiger partial charge < -0.3 is 14.7 Å². The molecular weight excluding hydrogens is 345 g/mol. The van der Waals surface area contributed by atoms with Gasteiger partial charge in [-0.1, -0.05) is 15.9 Å². The molecule has 0 spiro atoms. The van der Waals surface area contributed by atoms with Gasteiger partial charge in [-0.15, -0.1) is 0 Å². The van der Waals surface area contributed by atoms with Gasteiger partial charge in [0.05, 0.1) is 0 Å². The van der Waals surface area contributed by atoms with E-state index in [1.54, 1.807) is 6.07 Å². The number of hydrogen-bond acceptors (Lipinski definition) is 3. The lowest BCUT2D eigenvalue weighted by molar-refractivity contribution is -0.152. The molecule has 1 N–H and O–H groups in total. The minimum Gasteiger partial charge on any atom is -0.481 e. The summed E-state index contributed by atoms with van der Waals surface area (Å²) in [5, 5.41) is 9.12. The highest BCUT2D eigenvalue weighted by molar-refractivity contribution is 9.10. The predicted molar refractivity (Wildman–Crippen MR) is 76.6 cm³/mol. The summed E-state index contributed by atoms with van der Waals surface area (Å²) in [7, 11) is 0. The molecule has 1 unspecified atom stereocenters. The van der Waals surface area contributed by atoms with E-state index in [9.17, 15) is 14.0 Å². The molecule has 21 heavy (non-hydrogen) atoms. The fourth-order valence-electron chi connectivity index (χ4n) is 2.30. The lowest BCUT2D eigenvalue weighted by Gasteiger charge is -2.32. The van der Waals surface area contributed by atoms with Crippen molar-refractivity contribution < 1.29 is 23.8 Å². The molecule has 114 valence electrons. The van der Waals surface area contributed by atoms with E-state index in [2.05, 4.69) is 15.9 Å². The van der Waals surface area contributed by atoms with Crippen LogP contribution in [0.4, 0.5) is 4.39 Å². The molecule has 1 amide bonds. The van der Waals surface area contributed by atoms with Crippen LogP contribution in [0.5, 0.6) is 5.75 Å². The second-order valence-electron chi connectivity index (χ2n) is 4.80. The first-order valence-electron chi connectivity index (χ1n) is 6.59. The summed E-state index contributed by atoms with van der Waals surface area (Å²) in [4.78, 5) is 24.5. The van der Waals surface area contributed by atoms with Crippen LogP contribution in [0.25, 0.3) is 0 Å². The lowest BCUT2D eigenvalue weighted by Crippen LogP contribution is -2.49. The Morgan fingerprint density at radius 1 is 1.43 bits per heavy atom. The number of ether oxygens (including phenoxy) is 1. The van der Waals surface area contributed by atoms with Gasteiger partial charge in [-0.05, 0) is 37.5 Å². The molecule has 2 rings (SSSR count). The molecule has 0 bridgehead atoms. The van der Waals surface area contributed by atoms with Crippen LogP contribution in [-0.2, 0) is 9.59 Å². The van der Waals surface area contributed by atoms with Crippen molar-refractivity contribution in [2.24, 2.45) is 0 Å². The topological polar surface area (TPSA) is 66.8 Å². The summed E-state index contributed by atoms with van der Waals surface area (Å²) in [5.41, 5.74) is 0. The number of piperidine rings is 1. The number of hydrogen-bond donors (Lipinski definition) is 1. The average Bonchev–Trinajstić information content (AvgIpc) is 2.46. The molecule has 0 aromatic heterocycles. The monoisotopic (exact) mass is 359 g/mol. The maximum absolute atomic E-state index is 13.6. The Kier molecular flexibility index (Phi) is 5.17. The van der Waals surface area contributed by atoms with Crippen molar-refractivity contribution in [2.45, 2.75) is 25.3 Å². The standard InChI is InChI=1S/C14H15BrFNO4/c15-9-4-5-12(10(16)7-9)21-8-13(18)17-6-2-1-3-11(17)14(19)20/h4-5,7,11H,1-3,6,8H2,(H,19,20). The van der Waals surface area contributed by atoms with Crippen LogP contribution in [0.2, 0.25) is 0 Å². The Labute approximate surface area is 129 Å². The summed E-state index contributed by atoms with van der Waals surface area (Å²) in [5.74, 6) is -2.07. The van der Waals surface area contributed by atoms with Gasteiger partial charge in [0.25, 0.3) is 5.91 Å². The van der Waals surface area contributed by atoms with Gasteiger partial charge in [-0.25, -0.2) is 9.18 Å². The van der Waals surface area contributed by atoms with Gasteiger partial charge in [0.15, 0.2) is 18.2 Å². The van der Waals surface area contributed by atoms with E-state index in [0.29, 0.717) is 17.4 Å². The van der Waals surface area contributed by atoms with E-state index in [1.807, 2.05) is 0 Å². The first-order chi connectivity index (χ1) is 9.99. The largest absolute Gasteiger partial charge is 0.481 e. The van der Waals surface area contributed by atoms with Gasteiger partial charge in [0, 0.05) is 11.0 Å². The number of nitrogens with zero attached hydrogens (tertiary/aromatic N) is 1. The molecule has 0 aliphatic carbocycles. The SMILES string of the molecule is O=C(O)C1CCCCN1C(=O)COc1ccc(Br)cc1F. The summed E-state index contributed by atoms with van der Waals surface area (Å²) < 4.78 is 19.3. The highest BCUT2D eigenvalue weighted by Gasteiger charge is 2.32. The van der Waals surface area contributed by atoms with Gasteiger partial charge in [-0.2, -0.15) is 0 Å². The maximum Gasteiger partial charge on any atom is 0.326 e. The van der Waals surface area contributed by atoms with Crippen LogP contribution in [0.15, 0.2) is 22.7 Å². The molecule has 0 radical (unpaired) electrons. The molecule has 1 heterocycles. The Morgan fingerprint density at radius 3 is 2.86 bits per heavy atom. The number of carbonyl (C=O) groups is 2. The summed E-state index contributed by atoms with van der Waals surface area (Å²) in [6, 6.07) is 3.44. The molecule has 1 aromatic carbocycles. The lowest BCUT2D eigenvalue weighted by atomic mass is 10.0. The maximum atomic E-state index is 13.6. The minimum absolute atomic E-state index is 0.0320. The van der Waals surface area contributed by atoms with Gasteiger partial charge in [-0.3, -0.25) is 4.79 Å². The van der Waals surface area contributed by atoms with Crippen molar-refractivity contribution in [3.8, 4) is 5.75 Å². The van der Waals surface area contributed by atoms with Crippen LogP contribution >= 0.6 is 15.9 Å². The van der Waals surface area contributed by atoms with Crippen molar-refractivity contribution in [3.63, 3.8) is 0 Å². The molecule has 7 heteroatoms. The third kappa shape index (κ3) is 3.93. The normalized spacial score (nSPS) is 18.4. The fourth-order valence-corrected chi connectivity index (χ4v) is 2.63. The van der Waals surface area contributed by atoms with E-state index < -0.39 is 23.7 Å². The highest BCUT2D eigenvalue weighted by Crippen LogP contribution is 2.22. The molecule has 1 aliphatic rings.